The van der Waals surface area contributed by atoms with Crippen LogP contribution in [0.1, 0.15) is 11.6 Å². The molecule has 1 atom stereocenters. The van der Waals surface area contributed by atoms with E-state index in [-0.39, 0.29) is 12.4 Å². The Morgan fingerprint density at radius 1 is 1.81 bits per heavy atom. The van der Waals surface area contributed by atoms with Gasteiger partial charge in [-0.25, -0.2) is 4.79 Å². The average molecular weight is 229 g/mol. The lowest BCUT2D eigenvalue weighted by Gasteiger charge is -2.07. The topological polar surface area (TPSA) is 107 Å². The summed E-state index contributed by atoms with van der Waals surface area (Å²) in [6.07, 6.45) is 1.32. The third-order valence-electron chi connectivity index (χ3n) is 1.99. The van der Waals surface area contributed by atoms with Gasteiger partial charge in [-0.05, 0) is 11.8 Å². The number of hydrogen-bond donors (Lipinski definition) is 1. The highest BCUT2D eigenvalue weighted by molar-refractivity contribution is 5.72. The van der Waals surface area contributed by atoms with Crippen LogP contribution in [0.2, 0.25) is 0 Å². The number of hydrogen-bond acceptors (Lipinski definition) is 5. The van der Waals surface area contributed by atoms with Gasteiger partial charge in [-0.1, -0.05) is 0 Å². The first-order chi connectivity index (χ1) is 7.47. The summed E-state index contributed by atoms with van der Waals surface area (Å²) in [6, 6.07) is -1.06. The molecule has 16 heavy (non-hydrogen) atoms. The van der Waals surface area contributed by atoms with Crippen molar-refractivity contribution >= 4 is 11.8 Å². The molecule has 88 valence electrons. The number of methoxy groups -OCH3 is 1. The predicted octanol–water partition coefficient (Wildman–Crippen LogP) is 0.372. The molecule has 1 unspecified atom stereocenters. The van der Waals surface area contributed by atoms with Crippen molar-refractivity contribution in [3.05, 3.63) is 21.9 Å². The van der Waals surface area contributed by atoms with E-state index in [0.717, 1.165) is 4.68 Å². The number of aliphatic carboxylic acids is 1. The van der Waals surface area contributed by atoms with Crippen molar-refractivity contribution in [3.63, 3.8) is 0 Å². The van der Waals surface area contributed by atoms with Crippen molar-refractivity contribution < 1.29 is 19.6 Å². The van der Waals surface area contributed by atoms with E-state index in [0.29, 0.717) is 5.56 Å². The summed E-state index contributed by atoms with van der Waals surface area (Å²) >= 11 is 0. The lowest BCUT2D eigenvalue weighted by Crippen LogP contribution is -2.24. The molecular weight excluding hydrogens is 218 g/mol. The Labute approximate surface area is 90.6 Å². The van der Waals surface area contributed by atoms with Gasteiger partial charge >= 0.3 is 11.8 Å². The third-order valence-corrected chi connectivity index (χ3v) is 1.99. The normalized spacial score (nSPS) is 12.4. The van der Waals surface area contributed by atoms with Crippen LogP contribution in [0.3, 0.4) is 0 Å². The molecule has 1 N–H and O–H groups in total. The lowest BCUT2D eigenvalue weighted by atomic mass is 10.3. The standard InChI is InChI=1S/C8H11N3O5/c1-5-3-10(9-7(5)11(14)15)6(4-16-2)8(12)13/h3,6H,4H2,1-2H3,(H,12,13). The van der Waals surface area contributed by atoms with E-state index >= 15 is 0 Å². The van der Waals surface area contributed by atoms with Gasteiger partial charge < -0.3 is 20.0 Å². The van der Waals surface area contributed by atoms with Gasteiger partial charge in [0.05, 0.1) is 23.5 Å². The van der Waals surface area contributed by atoms with Crippen LogP contribution in [-0.2, 0) is 9.53 Å². The van der Waals surface area contributed by atoms with Gasteiger partial charge in [0.25, 0.3) is 0 Å². The Morgan fingerprint density at radius 2 is 2.44 bits per heavy atom. The average Bonchev–Trinajstić information content (AvgIpc) is 2.56. The van der Waals surface area contributed by atoms with E-state index in [1.165, 1.54) is 20.2 Å². The van der Waals surface area contributed by atoms with Crippen molar-refractivity contribution in [2.24, 2.45) is 0 Å². The number of rotatable bonds is 5. The third kappa shape index (κ3) is 2.34. The Hall–Kier alpha value is -1.96. The summed E-state index contributed by atoms with van der Waals surface area (Å²) in [7, 11) is 1.35. The fourth-order valence-corrected chi connectivity index (χ4v) is 1.23. The van der Waals surface area contributed by atoms with Crippen LogP contribution < -0.4 is 0 Å². The monoisotopic (exact) mass is 229 g/mol. The number of carbonyl (C=O) groups is 1. The van der Waals surface area contributed by atoms with Crippen molar-refractivity contribution in [1.29, 1.82) is 0 Å². The Balaban J connectivity index is 3.06. The molecule has 1 aromatic rings. The Kier molecular flexibility index (Phi) is 3.56. The molecule has 8 nitrogen and oxygen atoms in total. The van der Waals surface area contributed by atoms with Crippen LogP contribution in [0.25, 0.3) is 0 Å². The second-order valence-electron chi connectivity index (χ2n) is 3.18. The zero-order valence-electron chi connectivity index (χ0n) is 8.78. The molecule has 0 aliphatic heterocycles. The smallest absolute Gasteiger partial charge is 0.392 e. The van der Waals surface area contributed by atoms with Gasteiger partial charge in [-0.3, -0.25) is 0 Å². The maximum Gasteiger partial charge on any atom is 0.392 e. The molecule has 8 heteroatoms. The predicted molar refractivity (Wildman–Crippen MR) is 52.2 cm³/mol. The summed E-state index contributed by atoms with van der Waals surface area (Å²) in [4.78, 5) is 20.8. The number of aryl methyl sites for hydroxylation is 1. The number of nitrogens with zero attached hydrogens (tertiary/aromatic N) is 3. The molecule has 0 spiro atoms. The molecule has 0 saturated heterocycles. The molecule has 0 aliphatic carbocycles. The fraction of sp³-hybridized carbons (Fsp3) is 0.500. The first kappa shape index (κ1) is 12.1. The number of carboxylic acids is 1. The summed E-state index contributed by atoms with van der Waals surface area (Å²) in [5, 5.41) is 23.0. The second kappa shape index (κ2) is 4.71. The molecule has 0 radical (unpaired) electrons. The zero-order chi connectivity index (χ0) is 12.3. The minimum atomic E-state index is -1.15. The number of aromatic nitrogens is 2. The summed E-state index contributed by atoms with van der Waals surface area (Å²) < 4.78 is 5.74. The van der Waals surface area contributed by atoms with Gasteiger partial charge in [0.2, 0.25) is 0 Å². The maximum absolute atomic E-state index is 10.9. The molecule has 0 fully saturated rings. The molecule has 1 rings (SSSR count). The molecule has 1 aromatic heterocycles. The summed E-state index contributed by atoms with van der Waals surface area (Å²) in [6.45, 7) is 1.39. The fourth-order valence-electron chi connectivity index (χ4n) is 1.23. The first-order valence-electron chi connectivity index (χ1n) is 4.39. The second-order valence-corrected chi connectivity index (χ2v) is 3.18. The molecule has 0 aromatic carbocycles. The van der Waals surface area contributed by atoms with Gasteiger partial charge in [-0.2, -0.15) is 4.68 Å². The van der Waals surface area contributed by atoms with Crippen molar-refractivity contribution in [3.8, 4) is 0 Å². The number of ether oxygens (including phenoxy) is 1. The van der Waals surface area contributed by atoms with Crippen molar-refractivity contribution in [2.45, 2.75) is 13.0 Å². The number of nitro groups is 1. The van der Waals surface area contributed by atoms with E-state index in [1.54, 1.807) is 0 Å². The van der Waals surface area contributed by atoms with E-state index in [1.807, 2.05) is 0 Å². The van der Waals surface area contributed by atoms with Gasteiger partial charge in [0.1, 0.15) is 0 Å². The summed E-state index contributed by atoms with van der Waals surface area (Å²) in [5.41, 5.74) is 0.312. The van der Waals surface area contributed by atoms with Crippen LogP contribution in [0.15, 0.2) is 6.20 Å². The van der Waals surface area contributed by atoms with Crippen molar-refractivity contribution in [2.75, 3.05) is 13.7 Å². The van der Waals surface area contributed by atoms with E-state index in [2.05, 4.69) is 5.10 Å². The highest BCUT2D eigenvalue weighted by Gasteiger charge is 2.27. The first-order valence-corrected chi connectivity index (χ1v) is 4.39. The molecule has 1 heterocycles. The van der Waals surface area contributed by atoms with E-state index < -0.39 is 16.9 Å². The summed E-state index contributed by atoms with van der Waals surface area (Å²) in [5.74, 6) is -1.50. The molecule has 0 bridgehead atoms. The highest BCUT2D eigenvalue weighted by Crippen LogP contribution is 2.17. The van der Waals surface area contributed by atoms with Gasteiger partial charge in [-0.15, -0.1) is 0 Å². The highest BCUT2D eigenvalue weighted by atomic mass is 16.6. The number of carboxylic acid groups (broad SMARTS) is 1. The van der Waals surface area contributed by atoms with Crippen LogP contribution >= 0.6 is 0 Å². The Morgan fingerprint density at radius 3 is 2.81 bits per heavy atom. The van der Waals surface area contributed by atoms with Gasteiger partial charge in [0, 0.05) is 7.11 Å². The molecular formula is C8H11N3O5. The Bertz CT molecular complexity index is 414. The zero-order valence-corrected chi connectivity index (χ0v) is 8.78. The quantitative estimate of drug-likeness (QED) is 0.577. The SMILES string of the molecule is COCC(C(=O)O)n1cc(C)c([N+](=O)[O-])n1. The van der Waals surface area contributed by atoms with Crippen LogP contribution in [0.4, 0.5) is 5.82 Å². The minimum Gasteiger partial charge on any atom is -0.480 e. The molecule has 0 saturated carbocycles. The largest absolute Gasteiger partial charge is 0.480 e. The molecule has 0 aliphatic rings. The molecule has 0 amide bonds. The van der Waals surface area contributed by atoms with Crippen LogP contribution in [-0.4, -0.2) is 39.5 Å². The van der Waals surface area contributed by atoms with E-state index in [4.69, 9.17) is 9.84 Å². The minimum absolute atomic E-state index is 0.104. The lowest BCUT2D eigenvalue weighted by molar-refractivity contribution is -0.390. The van der Waals surface area contributed by atoms with Crippen LogP contribution in [0.5, 0.6) is 0 Å². The van der Waals surface area contributed by atoms with E-state index in [9.17, 15) is 14.9 Å². The van der Waals surface area contributed by atoms with Gasteiger partial charge in [0.15, 0.2) is 6.04 Å². The maximum atomic E-state index is 10.9. The van der Waals surface area contributed by atoms with Crippen molar-refractivity contribution in [1.82, 2.24) is 9.78 Å². The van der Waals surface area contributed by atoms with Crippen LogP contribution in [0, 0.1) is 17.0 Å².